The third-order valence-corrected chi connectivity index (χ3v) is 3.41. The molecule has 1 heterocycles. The highest BCUT2D eigenvalue weighted by Gasteiger charge is 2.09. The predicted octanol–water partition coefficient (Wildman–Crippen LogP) is 1.90. The van der Waals surface area contributed by atoms with Crippen LogP contribution in [-0.2, 0) is 4.74 Å². The monoisotopic (exact) mass is 342 g/mol. The van der Waals surface area contributed by atoms with Gasteiger partial charge in [0.05, 0.1) is 12.7 Å². The predicted molar refractivity (Wildman–Crippen MR) is 96.2 cm³/mol. The molecule has 0 saturated heterocycles. The summed E-state index contributed by atoms with van der Waals surface area (Å²) >= 11 is 0. The summed E-state index contributed by atoms with van der Waals surface area (Å²) in [5, 5.41) is 5.98. The van der Waals surface area contributed by atoms with E-state index in [-0.39, 0.29) is 5.91 Å². The molecule has 2 aromatic rings. The van der Waals surface area contributed by atoms with Crippen molar-refractivity contribution >= 4 is 23.3 Å². The number of hydrogen-bond acceptors (Lipinski definition) is 6. The van der Waals surface area contributed by atoms with E-state index < -0.39 is 5.97 Å². The molecule has 7 nitrogen and oxygen atoms in total. The fraction of sp³-hybridized carbons (Fsp3) is 0.278. The minimum absolute atomic E-state index is 0.228. The maximum absolute atomic E-state index is 12.1. The van der Waals surface area contributed by atoms with Gasteiger partial charge in [-0.25, -0.2) is 4.79 Å². The molecule has 1 aromatic heterocycles. The molecule has 2 rings (SSSR count). The van der Waals surface area contributed by atoms with Crippen LogP contribution in [0.4, 0.5) is 11.4 Å². The van der Waals surface area contributed by atoms with Crippen LogP contribution in [0.1, 0.15) is 20.8 Å². The van der Waals surface area contributed by atoms with Gasteiger partial charge in [0, 0.05) is 30.7 Å². The number of anilines is 2. The lowest BCUT2D eigenvalue weighted by atomic mass is 10.2. The maximum atomic E-state index is 12.1. The molecule has 0 unspecified atom stereocenters. The minimum atomic E-state index is -0.403. The lowest BCUT2D eigenvalue weighted by molar-refractivity contribution is 0.0600. The largest absolute Gasteiger partial charge is 0.465 e. The number of ether oxygens (including phenoxy) is 1. The number of carbonyl (C=O) groups is 2. The van der Waals surface area contributed by atoms with Crippen LogP contribution in [0.25, 0.3) is 0 Å². The van der Waals surface area contributed by atoms with E-state index in [0.29, 0.717) is 29.2 Å². The Morgan fingerprint density at radius 1 is 1.16 bits per heavy atom. The van der Waals surface area contributed by atoms with Gasteiger partial charge in [-0.2, -0.15) is 0 Å². The Hall–Kier alpha value is -2.93. The Balaban J connectivity index is 2.06. The first kappa shape index (κ1) is 18.4. The Bertz CT molecular complexity index is 747. The number of likely N-dealkylation sites (N-methyl/N-ethyl adjacent to an activating group) is 1. The second-order valence-electron chi connectivity index (χ2n) is 5.69. The number of esters is 1. The Morgan fingerprint density at radius 3 is 2.64 bits per heavy atom. The van der Waals surface area contributed by atoms with Gasteiger partial charge >= 0.3 is 5.97 Å². The first-order chi connectivity index (χ1) is 12.0. The number of nitrogens with one attached hydrogen (secondary N) is 2. The Labute approximate surface area is 147 Å². The first-order valence-corrected chi connectivity index (χ1v) is 7.84. The van der Waals surface area contributed by atoms with Gasteiger partial charge < -0.3 is 20.3 Å². The fourth-order valence-electron chi connectivity index (χ4n) is 2.12. The van der Waals surface area contributed by atoms with E-state index >= 15 is 0 Å². The summed E-state index contributed by atoms with van der Waals surface area (Å²) < 4.78 is 4.71. The number of pyridine rings is 1. The van der Waals surface area contributed by atoms with Crippen LogP contribution in [0.3, 0.4) is 0 Å². The van der Waals surface area contributed by atoms with E-state index in [4.69, 9.17) is 4.74 Å². The maximum Gasteiger partial charge on any atom is 0.337 e. The summed E-state index contributed by atoms with van der Waals surface area (Å²) in [6.45, 7) is 1.30. The summed E-state index contributed by atoms with van der Waals surface area (Å²) in [4.78, 5) is 29.8. The van der Waals surface area contributed by atoms with E-state index in [1.165, 1.54) is 7.11 Å². The molecule has 0 bridgehead atoms. The summed E-state index contributed by atoms with van der Waals surface area (Å²) in [5.41, 5.74) is 2.19. The number of carbonyl (C=O) groups excluding carboxylic acids is 2. The lowest BCUT2D eigenvalue weighted by Gasteiger charge is -2.11. The van der Waals surface area contributed by atoms with Gasteiger partial charge in [-0.15, -0.1) is 0 Å². The molecule has 132 valence electrons. The van der Waals surface area contributed by atoms with Crippen molar-refractivity contribution < 1.29 is 14.3 Å². The topological polar surface area (TPSA) is 83.6 Å². The molecule has 0 radical (unpaired) electrons. The van der Waals surface area contributed by atoms with Gasteiger partial charge in [0.1, 0.15) is 5.69 Å². The van der Waals surface area contributed by atoms with Crippen LogP contribution in [-0.4, -0.2) is 56.1 Å². The van der Waals surface area contributed by atoms with Crippen LogP contribution in [0, 0.1) is 0 Å². The highest BCUT2D eigenvalue weighted by Crippen LogP contribution is 2.18. The zero-order valence-electron chi connectivity index (χ0n) is 14.6. The van der Waals surface area contributed by atoms with E-state index in [0.717, 1.165) is 6.54 Å². The quantitative estimate of drug-likeness (QED) is 0.748. The standard InChI is InChI=1S/C18H22N4O3/c1-22(2)10-9-20-17(23)16-12-15(7-8-19-16)21-14-6-4-5-13(11-14)18(24)25-3/h4-8,11-12H,9-10H2,1-3H3,(H,19,21)(H,20,23). The number of methoxy groups -OCH3 is 1. The first-order valence-electron chi connectivity index (χ1n) is 7.84. The number of amides is 1. The third-order valence-electron chi connectivity index (χ3n) is 3.41. The van der Waals surface area contributed by atoms with Gasteiger partial charge in [-0.1, -0.05) is 6.07 Å². The normalized spacial score (nSPS) is 10.4. The molecule has 0 aliphatic heterocycles. The van der Waals surface area contributed by atoms with Crippen LogP contribution in [0.15, 0.2) is 42.6 Å². The van der Waals surface area contributed by atoms with Crippen molar-refractivity contribution in [3.05, 3.63) is 53.9 Å². The van der Waals surface area contributed by atoms with Crippen molar-refractivity contribution in [1.29, 1.82) is 0 Å². The average molecular weight is 342 g/mol. The fourth-order valence-corrected chi connectivity index (χ4v) is 2.12. The molecule has 1 amide bonds. The molecule has 0 fully saturated rings. The number of hydrogen-bond donors (Lipinski definition) is 2. The third kappa shape index (κ3) is 5.58. The molecule has 0 aliphatic rings. The number of nitrogens with zero attached hydrogens (tertiary/aromatic N) is 2. The van der Waals surface area contributed by atoms with Crippen molar-refractivity contribution in [2.24, 2.45) is 0 Å². The van der Waals surface area contributed by atoms with E-state index in [2.05, 4.69) is 15.6 Å². The van der Waals surface area contributed by atoms with Gasteiger partial charge in [0.2, 0.25) is 0 Å². The summed E-state index contributed by atoms with van der Waals surface area (Å²) in [6, 6.07) is 10.3. The molecule has 25 heavy (non-hydrogen) atoms. The van der Waals surface area contributed by atoms with E-state index in [1.807, 2.05) is 25.1 Å². The number of aromatic nitrogens is 1. The second-order valence-corrected chi connectivity index (χ2v) is 5.69. The van der Waals surface area contributed by atoms with Gasteiger partial charge in [0.15, 0.2) is 0 Å². The average Bonchev–Trinajstić information content (AvgIpc) is 2.61. The van der Waals surface area contributed by atoms with Gasteiger partial charge in [-0.05, 0) is 44.4 Å². The summed E-state index contributed by atoms with van der Waals surface area (Å²) in [6.07, 6.45) is 1.56. The van der Waals surface area contributed by atoms with Crippen LogP contribution in [0.5, 0.6) is 0 Å². The molecule has 1 aromatic carbocycles. The molecule has 0 spiro atoms. The van der Waals surface area contributed by atoms with Crippen molar-refractivity contribution in [3.63, 3.8) is 0 Å². The van der Waals surface area contributed by atoms with Crippen LogP contribution >= 0.6 is 0 Å². The second kappa shape index (κ2) is 8.79. The molecule has 0 saturated carbocycles. The highest BCUT2D eigenvalue weighted by molar-refractivity contribution is 5.93. The van der Waals surface area contributed by atoms with Crippen LogP contribution in [0.2, 0.25) is 0 Å². The molecular weight excluding hydrogens is 320 g/mol. The minimum Gasteiger partial charge on any atom is -0.465 e. The summed E-state index contributed by atoms with van der Waals surface area (Å²) in [5.74, 6) is -0.631. The SMILES string of the molecule is COC(=O)c1cccc(Nc2ccnc(C(=O)NCCN(C)C)c2)c1. The molecule has 2 N–H and O–H groups in total. The number of rotatable bonds is 7. The highest BCUT2D eigenvalue weighted by atomic mass is 16.5. The smallest absolute Gasteiger partial charge is 0.337 e. The van der Waals surface area contributed by atoms with Gasteiger partial charge in [-0.3, -0.25) is 9.78 Å². The molecule has 0 atom stereocenters. The molecule has 7 heteroatoms. The van der Waals surface area contributed by atoms with Crippen molar-refractivity contribution in [3.8, 4) is 0 Å². The van der Waals surface area contributed by atoms with Crippen molar-refractivity contribution in [1.82, 2.24) is 15.2 Å². The zero-order valence-corrected chi connectivity index (χ0v) is 14.6. The van der Waals surface area contributed by atoms with Crippen molar-refractivity contribution in [2.45, 2.75) is 0 Å². The van der Waals surface area contributed by atoms with Crippen molar-refractivity contribution in [2.75, 3.05) is 39.6 Å². The van der Waals surface area contributed by atoms with Crippen LogP contribution < -0.4 is 10.6 Å². The molecular formula is C18H22N4O3. The Morgan fingerprint density at radius 2 is 1.92 bits per heavy atom. The molecule has 0 aliphatic carbocycles. The Kier molecular flexibility index (Phi) is 6.47. The lowest BCUT2D eigenvalue weighted by Crippen LogP contribution is -2.31. The zero-order chi connectivity index (χ0) is 18.2. The van der Waals surface area contributed by atoms with E-state index in [9.17, 15) is 9.59 Å². The summed E-state index contributed by atoms with van der Waals surface area (Å²) in [7, 11) is 5.22. The van der Waals surface area contributed by atoms with E-state index in [1.54, 1.807) is 36.5 Å². The number of benzene rings is 1. The van der Waals surface area contributed by atoms with Gasteiger partial charge in [0.25, 0.3) is 5.91 Å².